The molecule has 0 fully saturated rings. The number of allylic oxidation sites excluding steroid dienone is 4. The van der Waals surface area contributed by atoms with E-state index < -0.39 is 0 Å². The quantitative estimate of drug-likeness (QED) is 0.121. The number of rotatable bonds is 20. The van der Waals surface area contributed by atoms with Crippen molar-refractivity contribution in [2.24, 2.45) is 10.8 Å². The van der Waals surface area contributed by atoms with Crippen molar-refractivity contribution in [2.75, 3.05) is 0 Å². The third-order valence-electron chi connectivity index (χ3n) is 6.39. The highest BCUT2D eigenvalue weighted by Gasteiger charge is 2.09. The zero-order valence-corrected chi connectivity index (χ0v) is 25.5. The van der Waals surface area contributed by atoms with Gasteiger partial charge in [-0.3, -0.25) is 0 Å². The Hall–Kier alpha value is -0.520. The number of hydrogen-bond acceptors (Lipinski definition) is 0. The Bertz CT molecular complexity index is 426. The van der Waals surface area contributed by atoms with Crippen molar-refractivity contribution in [3.8, 4) is 0 Å². The normalized spacial score (nSPS) is 12.5. The molecule has 0 nitrogen and oxygen atoms in total. The van der Waals surface area contributed by atoms with Crippen LogP contribution in [0.4, 0.5) is 0 Å². The molecule has 34 heavy (non-hydrogen) atoms. The predicted octanol–water partition coefficient (Wildman–Crippen LogP) is 13.0. The molecule has 0 bridgehead atoms. The minimum atomic E-state index is 0.525. The molecule has 0 N–H and O–H groups in total. The molecule has 0 unspecified atom stereocenters. The van der Waals surface area contributed by atoms with E-state index in [0.717, 1.165) is 0 Å². The van der Waals surface area contributed by atoms with E-state index >= 15 is 0 Å². The largest absolute Gasteiger partial charge is 0.0888 e. The van der Waals surface area contributed by atoms with Gasteiger partial charge in [0, 0.05) is 0 Å². The molecule has 0 amide bonds. The topological polar surface area (TPSA) is 0 Å². The minimum absolute atomic E-state index is 0.525. The molecule has 0 heterocycles. The Labute approximate surface area is 218 Å². The zero-order chi connectivity index (χ0) is 26.0. The van der Waals surface area contributed by atoms with E-state index in [1.165, 1.54) is 128 Å². The highest BCUT2D eigenvalue weighted by Crippen LogP contribution is 2.23. The Morgan fingerprint density at radius 3 is 1.06 bits per heavy atom. The maximum atomic E-state index is 2.41. The molecular weight excluding hydrogens is 408 g/mol. The van der Waals surface area contributed by atoms with Gasteiger partial charge in [-0.15, -0.1) is 0 Å². The maximum Gasteiger partial charge on any atom is -0.0351 e. The highest BCUT2D eigenvalue weighted by molar-refractivity contribution is 4.81. The van der Waals surface area contributed by atoms with E-state index in [0.29, 0.717) is 10.8 Å². The van der Waals surface area contributed by atoms with E-state index in [-0.39, 0.29) is 0 Å². The Balaban J connectivity index is 0. The molecule has 0 aliphatic rings. The summed E-state index contributed by atoms with van der Waals surface area (Å²) in [5.41, 5.74) is 1.05. The van der Waals surface area contributed by atoms with Gasteiger partial charge in [0.15, 0.2) is 0 Å². The van der Waals surface area contributed by atoms with Gasteiger partial charge in [0.25, 0.3) is 0 Å². The second-order valence-electron chi connectivity index (χ2n) is 12.9. The first kappa shape index (κ1) is 35.6. The minimum Gasteiger partial charge on any atom is -0.0888 e. The van der Waals surface area contributed by atoms with Crippen LogP contribution < -0.4 is 0 Å². The monoisotopic (exact) mass is 477 g/mol. The average molecular weight is 477 g/mol. The Morgan fingerprint density at radius 2 is 0.706 bits per heavy atom. The first-order valence-electron chi connectivity index (χ1n) is 15.4. The summed E-state index contributed by atoms with van der Waals surface area (Å²) in [5.74, 6) is 0. The van der Waals surface area contributed by atoms with E-state index in [1.54, 1.807) is 0 Å². The first-order chi connectivity index (χ1) is 16.1. The van der Waals surface area contributed by atoms with E-state index in [4.69, 9.17) is 0 Å². The molecule has 0 aliphatic carbocycles. The molecule has 0 heteroatoms. The summed E-state index contributed by atoms with van der Waals surface area (Å²) in [6.45, 7) is 18.5. The lowest BCUT2D eigenvalue weighted by molar-refractivity contribution is 0.357. The standard InChI is InChI=1S/C20H40.C14H28/c1-5-6-7-8-9-10-11-12-13-14-15-16-17-18-19-20(2,3)4;1-5-6-7-8-9-10-11-12-13-14(2,3)4/h12-13H,5-11,14-19H2,1-4H3;6-7H,5,8-13H2,1-4H3/b13-12-;7-6+. The molecule has 0 saturated heterocycles. The smallest absolute Gasteiger partial charge is 0.0351 e. The van der Waals surface area contributed by atoms with Crippen molar-refractivity contribution in [1.82, 2.24) is 0 Å². The summed E-state index contributed by atoms with van der Waals surface area (Å²) in [4.78, 5) is 0. The molecule has 0 rings (SSSR count). The van der Waals surface area contributed by atoms with Crippen LogP contribution in [-0.4, -0.2) is 0 Å². The highest BCUT2D eigenvalue weighted by atomic mass is 14.1. The fraction of sp³-hybridized carbons (Fsp3) is 0.882. The maximum absolute atomic E-state index is 2.41. The number of unbranched alkanes of at least 4 members (excludes halogenated alkanes) is 14. The molecule has 204 valence electrons. The Morgan fingerprint density at radius 1 is 0.382 bits per heavy atom. The van der Waals surface area contributed by atoms with Crippen molar-refractivity contribution in [3.63, 3.8) is 0 Å². The van der Waals surface area contributed by atoms with Crippen molar-refractivity contribution in [2.45, 2.75) is 184 Å². The third kappa shape index (κ3) is 38.7. The molecule has 0 spiro atoms. The van der Waals surface area contributed by atoms with Crippen LogP contribution in [-0.2, 0) is 0 Å². The summed E-state index contributed by atoms with van der Waals surface area (Å²) >= 11 is 0. The summed E-state index contributed by atoms with van der Waals surface area (Å²) in [6.07, 6.45) is 36.9. The molecule has 0 aromatic rings. The summed E-state index contributed by atoms with van der Waals surface area (Å²) in [6, 6.07) is 0. The van der Waals surface area contributed by atoms with Crippen LogP contribution in [0.1, 0.15) is 184 Å². The van der Waals surface area contributed by atoms with Crippen LogP contribution in [0.5, 0.6) is 0 Å². The third-order valence-corrected chi connectivity index (χ3v) is 6.39. The van der Waals surface area contributed by atoms with Crippen molar-refractivity contribution in [3.05, 3.63) is 24.3 Å². The summed E-state index contributed by atoms with van der Waals surface area (Å²) < 4.78 is 0. The average Bonchev–Trinajstić information content (AvgIpc) is 2.75. The van der Waals surface area contributed by atoms with Crippen LogP contribution >= 0.6 is 0 Å². The lowest BCUT2D eigenvalue weighted by Crippen LogP contribution is -2.03. The van der Waals surface area contributed by atoms with Crippen molar-refractivity contribution < 1.29 is 0 Å². The van der Waals surface area contributed by atoms with Gasteiger partial charge in [-0.05, 0) is 68.6 Å². The molecule has 0 atom stereocenters. The number of hydrogen-bond donors (Lipinski definition) is 0. The van der Waals surface area contributed by atoms with Gasteiger partial charge in [0.2, 0.25) is 0 Å². The molecular formula is C34H68. The van der Waals surface area contributed by atoms with Gasteiger partial charge in [0.05, 0.1) is 0 Å². The fourth-order valence-electron chi connectivity index (χ4n) is 4.10. The second-order valence-corrected chi connectivity index (χ2v) is 12.9. The van der Waals surface area contributed by atoms with E-state index in [9.17, 15) is 0 Å². The van der Waals surface area contributed by atoms with Gasteiger partial charge in [-0.25, -0.2) is 0 Å². The second kappa shape index (κ2) is 25.6. The fourth-order valence-corrected chi connectivity index (χ4v) is 4.10. The van der Waals surface area contributed by atoms with E-state index in [1.807, 2.05) is 0 Å². The van der Waals surface area contributed by atoms with Gasteiger partial charge in [-0.1, -0.05) is 150 Å². The van der Waals surface area contributed by atoms with Gasteiger partial charge in [-0.2, -0.15) is 0 Å². The molecule has 0 aliphatic heterocycles. The van der Waals surface area contributed by atoms with Crippen LogP contribution in [0, 0.1) is 10.8 Å². The summed E-state index contributed by atoms with van der Waals surface area (Å²) in [5, 5.41) is 0. The van der Waals surface area contributed by atoms with Crippen LogP contribution in [0.2, 0.25) is 0 Å². The van der Waals surface area contributed by atoms with Crippen LogP contribution in [0.15, 0.2) is 24.3 Å². The lowest BCUT2D eigenvalue weighted by Gasteiger charge is -2.17. The van der Waals surface area contributed by atoms with E-state index in [2.05, 4.69) is 79.7 Å². The molecule has 0 aromatic carbocycles. The van der Waals surface area contributed by atoms with Crippen LogP contribution in [0.25, 0.3) is 0 Å². The first-order valence-corrected chi connectivity index (χ1v) is 15.4. The van der Waals surface area contributed by atoms with Crippen molar-refractivity contribution in [1.29, 1.82) is 0 Å². The van der Waals surface area contributed by atoms with Gasteiger partial charge >= 0.3 is 0 Å². The van der Waals surface area contributed by atoms with Crippen molar-refractivity contribution >= 4 is 0 Å². The Kier molecular flexibility index (Phi) is 26.8. The molecule has 0 saturated carbocycles. The van der Waals surface area contributed by atoms with Crippen LogP contribution in [0.3, 0.4) is 0 Å². The molecule has 0 radical (unpaired) electrons. The predicted molar refractivity (Wildman–Crippen MR) is 161 cm³/mol. The molecule has 0 aromatic heterocycles. The lowest BCUT2D eigenvalue weighted by atomic mass is 9.89. The SMILES string of the molecule is CC/C=C/CCCCCCC(C)(C)C.CCCCCCCC/C=C\CCCCCCC(C)(C)C. The van der Waals surface area contributed by atoms with Gasteiger partial charge in [0.1, 0.15) is 0 Å². The summed E-state index contributed by atoms with van der Waals surface area (Å²) in [7, 11) is 0. The zero-order valence-electron chi connectivity index (χ0n) is 25.5. The van der Waals surface area contributed by atoms with Gasteiger partial charge < -0.3 is 0 Å².